The van der Waals surface area contributed by atoms with Gasteiger partial charge in [0, 0.05) is 17.8 Å². The van der Waals surface area contributed by atoms with Crippen LogP contribution in [0.15, 0.2) is 24.3 Å². The molecule has 120 valence electrons. The molecule has 1 rings (SSSR count). The van der Waals surface area contributed by atoms with Gasteiger partial charge in [-0.25, -0.2) is 0 Å². The van der Waals surface area contributed by atoms with E-state index in [0.29, 0.717) is 12.1 Å². The normalized spacial score (nSPS) is 14.2. The molecule has 0 aliphatic rings. The molecule has 5 heteroatoms. The molecule has 2 atom stereocenters. The van der Waals surface area contributed by atoms with Gasteiger partial charge in [0.15, 0.2) is 0 Å². The molecule has 0 aliphatic carbocycles. The third-order valence-corrected chi connectivity index (χ3v) is 4.30. The first-order chi connectivity index (χ1) is 10.0. The number of hydrogen-bond donors (Lipinski definition) is 1. The third-order valence-electron chi connectivity index (χ3n) is 3.16. The molecule has 0 amide bonds. The fourth-order valence-corrected chi connectivity index (χ4v) is 2.82. The molecule has 0 heterocycles. The molecule has 1 N–H and O–H groups in total. The zero-order chi connectivity index (χ0) is 15.7. The Hall–Kier alpha value is -0.810. The third kappa shape index (κ3) is 8.27. The van der Waals surface area contributed by atoms with Gasteiger partial charge in [0.2, 0.25) is 0 Å². The van der Waals surface area contributed by atoms with Crippen LogP contribution < -0.4 is 10.1 Å². The minimum atomic E-state index is -2.76. The summed E-state index contributed by atoms with van der Waals surface area (Å²) in [4.78, 5) is 0. The summed E-state index contributed by atoms with van der Waals surface area (Å²) in [5, 5.41) is 3.58. The molecule has 0 saturated carbocycles. The van der Waals surface area contributed by atoms with E-state index >= 15 is 0 Å². The first-order valence-electron chi connectivity index (χ1n) is 7.38. The summed E-state index contributed by atoms with van der Waals surface area (Å²) in [5.74, 6) is 2.48. The van der Waals surface area contributed by atoms with E-state index in [9.17, 15) is 8.78 Å². The van der Waals surface area contributed by atoms with Crippen LogP contribution in [0.5, 0.6) is 5.75 Å². The average molecular weight is 317 g/mol. The van der Waals surface area contributed by atoms with E-state index in [2.05, 4.69) is 30.8 Å². The lowest BCUT2D eigenvalue weighted by molar-refractivity contribution is -0.0498. The van der Waals surface area contributed by atoms with E-state index in [1.54, 1.807) is 12.1 Å². The molecule has 0 fully saturated rings. The molecule has 1 aromatic rings. The van der Waals surface area contributed by atoms with Crippen molar-refractivity contribution < 1.29 is 13.5 Å². The topological polar surface area (TPSA) is 21.3 Å². The number of aryl methyl sites for hydroxylation is 1. The number of rotatable bonds is 10. The van der Waals surface area contributed by atoms with Gasteiger partial charge in [-0.1, -0.05) is 19.1 Å². The van der Waals surface area contributed by atoms with Gasteiger partial charge in [0.05, 0.1) is 0 Å². The summed E-state index contributed by atoms with van der Waals surface area (Å²) < 4.78 is 28.4. The highest BCUT2D eigenvalue weighted by Crippen LogP contribution is 2.16. The summed E-state index contributed by atoms with van der Waals surface area (Å²) in [7, 11) is 0. The summed E-state index contributed by atoms with van der Waals surface area (Å²) >= 11 is 1.94. The van der Waals surface area contributed by atoms with Crippen LogP contribution in [0.2, 0.25) is 0 Å². The van der Waals surface area contributed by atoms with Crippen molar-refractivity contribution in [1.29, 1.82) is 0 Å². The van der Waals surface area contributed by atoms with E-state index in [1.165, 1.54) is 0 Å². The Balaban J connectivity index is 2.30. The summed E-state index contributed by atoms with van der Waals surface area (Å²) in [5.41, 5.74) is 1.14. The number of ether oxygens (including phenoxy) is 1. The van der Waals surface area contributed by atoms with E-state index in [1.807, 2.05) is 23.9 Å². The van der Waals surface area contributed by atoms with Crippen molar-refractivity contribution in [3.63, 3.8) is 0 Å². The van der Waals surface area contributed by atoms with E-state index in [0.717, 1.165) is 29.9 Å². The lowest BCUT2D eigenvalue weighted by atomic mass is 10.1. The van der Waals surface area contributed by atoms with Gasteiger partial charge >= 0.3 is 6.61 Å². The summed E-state index contributed by atoms with van der Waals surface area (Å²) in [6.45, 7) is 3.79. The Morgan fingerprint density at radius 1 is 1.14 bits per heavy atom. The van der Waals surface area contributed by atoms with E-state index in [-0.39, 0.29) is 5.75 Å². The highest BCUT2D eigenvalue weighted by Gasteiger charge is 2.08. The Bertz CT molecular complexity index is 386. The molecule has 0 spiro atoms. The average Bonchev–Trinajstić information content (AvgIpc) is 2.44. The van der Waals surface area contributed by atoms with Crippen molar-refractivity contribution >= 4 is 11.8 Å². The predicted octanol–water partition coefficient (Wildman–Crippen LogP) is 4.34. The van der Waals surface area contributed by atoms with Gasteiger partial charge in [-0.2, -0.15) is 20.5 Å². The molecule has 0 aliphatic heterocycles. The fraction of sp³-hybridized carbons (Fsp3) is 0.625. The predicted molar refractivity (Wildman–Crippen MR) is 86.5 cm³/mol. The zero-order valence-electron chi connectivity index (χ0n) is 12.9. The van der Waals surface area contributed by atoms with Crippen molar-refractivity contribution in [3.05, 3.63) is 29.8 Å². The van der Waals surface area contributed by atoms with Crippen LogP contribution in [0.25, 0.3) is 0 Å². The summed E-state index contributed by atoms with van der Waals surface area (Å²) in [6.07, 6.45) is 1.95. The Kier molecular flexibility index (Phi) is 8.69. The fourth-order valence-electron chi connectivity index (χ4n) is 2.13. The van der Waals surface area contributed by atoms with Crippen LogP contribution in [-0.4, -0.2) is 30.2 Å². The lowest BCUT2D eigenvalue weighted by Crippen LogP contribution is -2.36. The van der Waals surface area contributed by atoms with Crippen molar-refractivity contribution in [1.82, 2.24) is 5.32 Å². The first-order valence-corrected chi connectivity index (χ1v) is 8.54. The second-order valence-electron chi connectivity index (χ2n) is 5.19. The molecule has 2 unspecified atom stereocenters. The maximum absolute atomic E-state index is 12.1. The van der Waals surface area contributed by atoms with Crippen LogP contribution in [-0.2, 0) is 6.42 Å². The van der Waals surface area contributed by atoms with E-state index in [4.69, 9.17) is 0 Å². The number of nitrogens with one attached hydrogen (secondary N) is 1. The number of halogens is 2. The van der Waals surface area contributed by atoms with E-state index < -0.39 is 6.61 Å². The zero-order valence-corrected chi connectivity index (χ0v) is 13.8. The van der Waals surface area contributed by atoms with Crippen molar-refractivity contribution in [3.8, 4) is 5.75 Å². The molecule has 1 aromatic carbocycles. The molecular formula is C16H25F2NOS. The van der Waals surface area contributed by atoms with Gasteiger partial charge < -0.3 is 10.1 Å². The number of alkyl halides is 2. The minimum absolute atomic E-state index is 0.213. The van der Waals surface area contributed by atoms with Crippen molar-refractivity contribution in [2.75, 3.05) is 11.5 Å². The summed E-state index contributed by atoms with van der Waals surface area (Å²) in [6, 6.07) is 7.84. The maximum atomic E-state index is 12.1. The Morgan fingerprint density at radius 2 is 1.81 bits per heavy atom. The second-order valence-corrected chi connectivity index (χ2v) is 6.51. The highest BCUT2D eigenvalue weighted by atomic mass is 32.2. The van der Waals surface area contributed by atoms with Gasteiger partial charge in [0.1, 0.15) is 5.75 Å². The number of benzene rings is 1. The highest BCUT2D eigenvalue weighted by molar-refractivity contribution is 7.99. The number of hydrogen-bond acceptors (Lipinski definition) is 3. The first kappa shape index (κ1) is 18.2. The molecule has 0 radical (unpaired) electrons. The van der Waals surface area contributed by atoms with Crippen LogP contribution in [0.3, 0.4) is 0 Å². The van der Waals surface area contributed by atoms with Gasteiger partial charge in [-0.15, -0.1) is 0 Å². The smallest absolute Gasteiger partial charge is 0.387 e. The molecule has 0 bridgehead atoms. The Labute approximate surface area is 130 Å². The SMILES string of the molecule is CCSCC(C)NC(C)CCc1ccc(OC(F)F)cc1. The van der Waals surface area contributed by atoms with Gasteiger partial charge in [0.25, 0.3) is 0 Å². The van der Waals surface area contributed by atoms with Crippen molar-refractivity contribution in [2.45, 2.75) is 52.3 Å². The quantitative estimate of drug-likeness (QED) is 0.693. The Morgan fingerprint density at radius 3 is 2.38 bits per heavy atom. The molecule has 21 heavy (non-hydrogen) atoms. The molecular weight excluding hydrogens is 292 g/mol. The van der Waals surface area contributed by atoms with Crippen LogP contribution in [0.4, 0.5) is 8.78 Å². The molecule has 0 aromatic heterocycles. The van der Waals surface area contributed by atoms with Crippen LogP contribution in [0, 0.1) is 0 Å². The van der Waals surface area contributed by atoms with Crippen molar-refractivity contribution in [2.24, 2.45) is 0 Å². The van der Waals surface area contributed by atoms with Gasteiger partial charge in [-0.3, -0.25) is 0 Å². The minimum Gasteiger partial charge on any atom is -0.435 e. The maximum Gasteiger partial charge on any atom is 0.387 e. The van der Waals surface area contributed by atoms with Crippen LogP contribution >= 0.6 is 11.8 Å². The second kappa shape index (κ2) is 10.0. The van der Waals surface area contributed by atoms with Crippen LogP contribution in [0.1, 0.15) is 32.8 Å². The lowest BCUT2D eigenvalue weighted by Gasteiger charge is -2.19. The largest absolute Gasteiger partial charge is 0.435 e. The molecule has 0 saturated heterocycles. The van der Waals surface area contributed by atoms with Gasteiger partial charge in [-0.05, 0) is 50.1 Å². The molecule has 2 nitrogen and oxygen atoms in total. The monoisotopic (exact) mass is 317 g/mol. The number of thioether (sulfide) groups is 1. The standard InChI is InChI=1S/C16H25F2NOS/c1-4-21-11-13(3)19-12(2)5-6-14-7-9-15(10-8-14)20-16(17)18/h7-10,12-13,16,19H,4-6,11H2,1-3H3.